The number of aromatic nitrogens is 2. The van der Waals surface area contributed by atoms with Crippen LogP contribution in [0.5, 0.6) is 0 Å². The van der Waals surface area contributed by atoms with E-state index in [1.807, 2.05) is 6.92 Å². The molecule has 21 heavy (non-hydrogen) atoms. The summed E-state index contributed by atoms with van der Waals surface area (Å²) in [5.41, 5.74) is 7.02. The summed E-state index contributed by atoms with van der Waals surface area (Å²) in [6.45, 7) is 1.86. The lowest BCUT2D eigenvalue weighted by molar-refractivity contribution is 0.0982. The smallest absolute Gasteiger partial charge is 0.189 e. The summed E-state index contributed by atoms with van der Waals surface area (Å²) in [5, 5.41) is 0.627. The van der Waals surface area contributed by atoms with Crippen LogP contribution in [0.15, 0.2) is 35.5 Å². The summed E-state index contributed by atoms with van der Waals surface area (Å²) in [7, 11) is 0. The number of aryl methyl sites for hydroxylation is 1. The van der Waals surface area contributed by atoms with Crippen LogP contribution in [0.1, 0.15) is 28.9 Å². The fraction of sp³-hybridized carbons (Fsp3) is 0.267. The maximum atomic E-state index is 12.8. The Morgan fingerprint density at radius 2 is 2.00 bits per heavy atom. The molecular formula is C15H16FN3OS. The highest BCUT2D eigenvalue weighted by atomic mass is 32.2. The zero-order valence-corrected chi connectivity index (χ0v) is 12.5. The first-order valence-electron chi connectivity index (χ1n) is 6.57. The first-order chi connectivity index (χ1) is 10.0. The lowest BCUT2D eigenvalue weighted by Crippen LogP contribution is -2.00. The molecule has 0 atom stereocenters. The van der Waals surface area contributed by atoms with Gasteiger partial charge < -0.3 is 5.73 Å². The van der Waals surface area contributed by atoms with E-state index in [2.05, 4.69) is 9.97 Å². The van der Waals surface area contributed by atoms with Crippen molar-refractivity contribution in [2.24, 2.45) is 0 Å². The number of carbonyl (C=O) groups is 1. The van der Waals surface area contributed by atoms with Crippen LogP contribution in [-0.4, -0.2) is 21.5 Å². The molecule has 1 aromatic carbocycles. The number of benzene rings is 1. The Morgan fingerprint density at radius 3 is 2.67 bits per heavy atom. The molecule has 0 spiro atoms. The highest BCUT2D eigenvalue weighted by Crippen LogP contribution is 2.17. The minimum atomic E-state index is -0.337. The summed E-state index contributed by atoms with van der Waals surface area (Å²) in [6, 6.07) is 7.32. The molecule has 0 aliphatic rings. The molecule has 0 amide bonds. The third-order valence-electron chi connectivity index (χ3n) is 2.80. The van der Waals surface area contributed by atoms with Crippen LogP contribution in [0.25, 0.3) is 0 Å². The van der Waals surface area contributed by atoms with Crippen molar-refractivity contribution >= 4 is 23.4 Å². The minimum absolute atomic E-state index is 0.0141. The summed E-state index contributed by atoms with van der Waals surface area (Å²) in [5.74, 6) is 0.861. The molecule has 2 aromatic rings. The van der Waals surface area contributed by atoms with E-state index in [0.29, 0.717) is 29.4 Å². The van der Waals surface area contributed by atoms with Crippen molar-refractivity contribution < 1.29 is 9.18 Å². The number of nitrogens with two attached hydrogens (primary N) is 1. The molecule has 0 saturated heterocycles. The van der Waals surface area contributed by atoms with Crippen LogP contribution < -0.4 is 5.73 Å². The summed E-state index contributed by atoms with van der Waals surface area (Å²) in [6.07, 6.45) is 1.12. The normalized spacial score (nSPS) is 10.6. The molecule has 0 fully saturated rings. The van der Waals surface area contributed by atoms with E-state index in [4.69, 9.17) is 5.73 Å². The van der Waals surface area contributed by atoms with Crippen molar-refractivity contribution in [2.45, 2.75) is 24.9 Å². The van der Waals surface area contributed by atoms with Gasteiger partial charge in [-0.1, -0.05) is 11.8 Å². The average Bonchev–Trinajstić information content (AvgIpc) is 2.43. The number of carbonyl (C=O) groups excluding carboxylic acids is 1. The van der Waals surface area contributed by atoms with Crippen LogP contribution in [0.3, 0.4) is 0 Å². The molecule has 0 unspecified atom stereocenters. The van der Waals surface area contributed by atoms with E-state index in [9.17, 15) is 9.18 Å². The number of hydrogen-bond donors (Lipinski definition) is 1. The zero-order chi connectivity index (χ0) is 15.2. The fourth-order valence-corrected chi connectivity index (χ4v) is 2.66. The molecular weight excluding hydrogens is 289 g/mol. The van der Waals surface area contributed by atoms with Crippen molar-refractivity contribution in [1.82, 2.24) is 9.97 Å². The summed E-state index contributed by atoms with van der Waals surface area (Å²) >= 11 is 1.47. The Balaban J connectivity index is 1.79. The van der Waals surface area contributed by atoms with Gasteiger partial charge in [-0.2, -0.15) is 0 Å². The monoisotopic (exact) mass is 305 g/mol. The van der Waals surface area contributed by atoms with Gasteiger partial charge in [-0.3, -0.25) is 4.79 Å². The second-order valence-electron chi connectivity index (χ2n) is 4.60. The number of nitrogen functional groups attached to an aromatic ring is 1. The second-order valence-corrected chi connectivity index (χ2v) is 5.66. The van der Waals surface area contributed by atoms with E-state index >= 15 is 0 Å². The molecule has 1 heterocycles. The van der Waals surface area contributed by atoms with Crippen LogP contribution in [0.2, 0.25) is 0 Å². The minimum Gasteiger partial charge on any atom is -0.384 e. The summed E-state index contributed by atoms with van der Waals surface area (Å²) < 4.78 is 12.8. The predicted molar refractivity (Wildman–Crippen MR) is 81.9 cm³/mol. The zero-order valence-electron chi connectivity index (χ0n) is 11.7. The standard InChI is InChI=1S/C15H16FN3OS/c1-10-9-14(17)19-15(18-10)21-8-2-3-13(20)11-4-6-12(16)7-5-11/h4-7,9H,2-3,8H2,1H3,(H2,17,18,19). The Kier molecular flexibility index (Phi) is 5.27. The quantitative estimate of drug-likeness (QED) is 0.384. The molecule has 0 saturated carbocycles. The SMILES string of the molecule is Cc1cc(N)nc(SCCCC(=O)c2ccc(F)cc2)n1. The van der Waals surface area contributed by atoms with Gasteiger partial charge in [0.25, 0.3) is 0 Å². The van der Waals surface area contributed by atoms with Gasteiger partial charge in [0.05, 0.1) is 0 Å². The van der Waals surface area contributed by atoms with Gasteiger partial charge in [0, 0.05) is 29.5 Å². The fourth-order valence-electron chi connectivity index (χ4n) is 1.81. The lowest BCUT2D eigenvalue weighted by atomic mass is 10.1. The molecule has 110 valence electrons. The Morgan fingerprint density at radius 1 is 1.29 bits per heavy atom. The van der Waals surface area contributed by atoms with E-state index < -0.39 is 0 Å². The van der Waals surface area contributed by atoms with Crippen LogP contribution >= 0.6 is 11.8 Å². The Bertz CT molecular complexity index is 611. The van der Waals surface area contributed by atoms with Crippen molar-refractivity contribution in [3.8, 4) is 0 Å². The van der Waals surface area contributed by atoms with E-state index in [1.54, 1.807) is 6.07 Å². The first-order valence-corrected chi connectivity index (χ1v) is 7.56. The number of anilines is 1. The molecule has 2 rings (SSSR count). The number of hydrogen-bond acceptors (Lipinski definition) is 5. The van der Waals surface area contributed by atoms with Crippen molar-refractivity contribution in [3.63, 3.8) is 0 Å². The van der Waals surface area contributed by atoms with Crippen molar-refractivity contribution in [1.29, 1.82) is 0 Å². The Hall–Kier alpha value is -1.95. The van der Waals surface area contributed by atoms with Gasteiger partial charge >= 0.3 is 0 Å². The predicted octanol–water partition coefficient (Wildman–Crippen LogP) is 3.26. The van der Waals surface area contributed by atoms with E-state index in [1.165, 1.54) is 36.0 Å². The van der Waals surface area contributed by atoms with E-state index in [0.717, 1.165) is 11.4 Å². The van der Waals surface area contributed by atoms with Gasteiger partial charge in [-0.15, -0.1) is 0 Å². The number of thioether (sulfide) groups is 1. The highest BCUT2D eigenvalue weighted by Gasteiger charge is 2.07. The van der Waals surface area contributed by atoms with Crippen molar-refractivity contribution in [3.05, 3.63) is 47.4 Å². The third kappa shape index (κ3) is 4.82. The second kappa shape index (κ2) is 7.17. The largest absolute Gasteiger partial charge is 0.384 e. The van der Waals surface area contributed by atoms with Gasteiger partial charge in [0.2, 0.25) is 0 Å². The molecule has 0 bridgehead atoms. The molecule has 0 radical (unpaired) electrons. The number of ketones is 1. The molecule has 6 heteroatoms. The third-order valence-corrected chi connectivity index (χ3v) is 3.73. The average molecular weight is 305 g/mol. The van der Waals surface area contributed by atoms with Crippen LogP contribution in [0.4, 0.5) is 10.2 Å². The number of Topliss-reactive ketones (excluding diaryl/α,β-unsaturated/α-hetero) is 1. The number of nitrogens with zero attached hydrogens (tertiary/aromatic N) is 2. The van der Waals surface area contributed by atoms with Crippen LogP contribution in [-0.2, 0) is 0 Å². The summed E-state index contributed by atoms with van der Waals surface area (Å²) in [4.78, 5) is 20.3. The van der Waals surface area contributed by atoms with Gasteiger partial charge in [0.1, 0.15) is 11.6 Å². The molecule has 2 N–H and O–H groups in total. The van der Waals surface area contributed by atoms with Gasteiger partial charge in [-0.25, -0.2) is 14.4 Å². The lowest BCUT2D eigenvalue weighted by Gasteiger charge is -2.03. The molecule has 0 aliphatic carbocycles. The number of halogens is 1. The Labute approximate surface area is 127 Å². The van der Waals surface area contributed by atoms with Crippen LogP contribution in [0, 0.1) is 12.7 Å². The van der Waals surface area contributed by atoms with Gasteiger partial charge in [0.15, 0.2) is 10.9 Å². The maximum absolute atomic E-state index is 12.8. The topological polar surface area (TPSA) is 68.9 Å². The number of rotatable bonds is 6. The highest BCUT2D eigenvalue weighted by molar-refractivity contribution is 7.99. The maximum Gasteiger partial charge on any atom is 0.189 e. The van der Waals surface area contributed by atoms with Crippen molar-refractivity contribution in [2.75, 3.05) is 11.5 Å². The first kappa shape index (κ1) is 15.4. The molecule has 4 nitrogen and oxygen atoms in total. The molecule has 0 aliphatic heterocycles. The van der Waals surface area contributed by atoms with E-state index in [-0.39, 0.29) is 11.6 Å². The molecule has 1 aromatic heterocycles. The van der Waals surface area contributed by atoms with Gasteiger partial charge in [-0.05, 0) is 37.6 Å².